The maximum atomic E-state index is 6.55. The van der Waals surface area contributed by atoms with Crippen LogP contribution in [0.5, 0.6) is 0 Å². The zero-order valence-electron chi connectivity index (χ0n) is 34.8. The van der Waals surface area contributed by atoms with Crippen molar-refractivity contribution >= 4 is 78.0 Å². The van der Waals surface area contributed by atoms with Gasteiger partial charge in [-0.2, -0.15) is 0 Å². The largest absolute Gasteiger partial charge is 0.456 e. The highest BCUT2D eigenvalue weighted by atomic mass is 16.3. The molecule has 0 aliphatic carbocycles. The number of rotatable bonds is 9. The predicted molar refractivity (Wildman–Crippen MR) is 267 cm³/mol. The summed E-state index contributed by atoms with van der Waals surface area (Å²) < 4.78 is 13.1. The molecule has 4 nitrogen and oxygen atoms in total. The second-order valence-electron chi connectivity index (χ2n) is 16.0. The standard InChI is InChI=1S/C60H40N2O2/c1-3-19-41(20-4-1)45-23-7-13-29-53(45)61(43-35-37-51-49-27-11-17-33-57(49)63-59(51)39-43)55-31-15-9-25-47(55)48-26-10-16-32-56(48)62(54-30-14-8-24-46(54)42-21-5-2-6-22-42)44-36-38-52-50-28-12-18-34-58(50)64-60(52)40-44/h1-40H. The number of hydrogen-bond acceptors (Lipinski definition) is 4. The van der Waals surface area contributed by atoms with Crippen molar-refractivity contribution in [2.45, 2.75) is 0 Å². The quantitative estimate of drug-likeness (QED) is 0.145. The van der Waals surface area contributed by atoms with E-state index in [1.54, 1.807) is 0 Å². The lowest BCUT2D eigenvalue weighted by molar-refractivity contribution is 0.668. The van der Waals surface area contributed by atoms with E-state index in [4.69, 9.17) is 8.83 Å². The molecule has 0 saturated carbocycles. The van der Waals surface area contributed by atoms with Crippen LogP contribution < -0.4 is 9.80 Å². The molecule has 0 unspecified atom stereocenters. The predicted octanol–water partition coefficient (Wildman–Crippen LogP) is 17.4. The molecule has 12 rings (SSSR count). The van der Waals surface area contributed by atoms with Crippen LogP contribution in [0.2, 0.25) is 0 Å². The van der Waals surface area contributed by atoms with E-state index < -0.39 is 0 Å². The smallest absolute Gasteiger partial charge is 0.137 e. The van der Waals surface area contributed by atoms with Crippen molar-refractivity contribution in [3.8, 4) is 33.4 Å². The van der Waals surface area contributed by atoms with Crippen LogP contribution in [-0.2, 0) is 0 Å². The lowest BCUT2D eigenvalue weighted by Crippen LogP contribution is -2.14. The van der Waals surface area contributed by atoms with Crippen LogP contribution in [0, 0.1) is 0 Å². The van der Waals surface area contributed by atoms with Crippen LogP contribution in [0.15, 0.2) is 251 Å². The monoisotopic (exact) mass is 820 g/mol. The van der Waals surface area contributed by atoms with E-state index in [1.807, 2.05) is 24.3 Å². The highest BCUT2D eigenvalue weighted by Crippen LogP contribution is 2.50. The molecule has 64 heavy (non-hydrogen) atoms. The Morgan fingerprint density at radius 3 is 0.969 bits per heavy atom. The summed E-state index contributed by atoms with van der Waals surface area (Å²) in [5, 5.41) is 4.38. The molecule has 12 aromatic rings. The van der Waals surface area contributed by atoms with Crippen molar-refractivity contribution in [2.24, 2.45) is 0 Å². The average Bonchev–Trinajstić information content (AvgIpc) is 3.93. The van der Waals surface area contributed by atoms with E-state index in [2.05, 4.69) is 228 Å². The van der Waals surface area contributed by atoms with Crippen molar-refractivity contribution in [3.05, 3.63) is 243 Å². The number of hydrogen-bond donors (Lipinski definition) is 0. The van der Waals surface area contributed by atoms with Crippen molar-refractivity contribution in [3.63, 3.8) is 0 Å². The summed E-state index contributed by atoms with van der Waals surface area (Å²) in [6.07, 6.45) is 0. The molecular formula is C60H40N2O2. The summed E-state index contributed by atoms with van der Waals surface area (Å²) >= 11 is 0. The third-order valence-corrected chi connectivity index (χ3v) is 12.3. The van der Waals surface area contributed by atoms with Crippen LogP contribution >= 0.6 is 0 Å². The molecule has 0 bridgehead atoms. The average molecular weight is 821 g/mol. The van der Waals surface area contributed by atoms with Gasteiger partial charge in [-0.25, -0.2) is 0 Å². The van der Waals surface area contributed by atoms with Crippen molar-refractivity contribution in [2.75, 3.05) is 9.80 Å². The molecule has 0 aliphatic heterocycles. The molecule has 0 radical (unpaired) electrons. The molecule has 10 aromatic carbocycles. The Labute approximate surface area is 371 Å². The summed E-state index contributed by atoms with van der Waals surface area (Å²) in [5.74, 6) is 0. The number of nitrogens with zero attached hydrogens (tertiary/aromatic N) is 2. The van der Waals surface area contributed by atoms with Gasteiger partial charge in [-0.05, 0) is 71.8 Å². The molecule has 0 atom stereocenters. The normalized spacial score (nSPS) is 11.4. The molecule has 0 saturated heterocycles. The molecular weight excluding hydrogens is 781 g/mol. The Morgan fingerprint density at radius 2 is 0.547 bits per heavy atom. The van der Waals surface area contributed by atoms with Gasteiger partial charge < -0.3 is 18.6 Å². The number of benzene rings is 10. The summed E-state index contributed by atoms with van der Waals surface area (Å²) in [7, 11) is 0. The number of anilines is 6. The van der Waals surface area contributed by atoms with E-state index in [0.29, 0.717) is 0 Å². The van der Waals surface area contributed by atoms with Crippen molar-refractivity contribution < 1.29 is 8.83 Å². The Kier molecular flexibility index (Phi) is 9.12. The van der Waals surface area contributed by atoms with E-state index in [9.17, 15) is 0 Å². The summed E-state index contributed by atoms with van der Waals surface area (Å²) in [4.78, 5) is 4.79. The first-order valence-electron chi connectivity index (χ1n) is 21.7. The van der Waals surface area contributed by atoms with Crippen molar-refractivity contribution in [1.29, 1.82) is 0 Å². The minimum absolute atomic E-state index is 0.837. The van der Waals surface area contributed by atoms with Gasteiger partial charge in [-0.3, -0.25) is 0 Å². The van der Waals surface area contributed by atoms with Gasteiger partial charge in [-0.15, -0.1) is 0 Å². The second-order valence-corrected chi connectivity index (χ2v) is 16.0. The first-order chi connectivity index (χ1) is 31.8. The van der Waals surface area contributed by atoms with Gasteiger partial charge in [0.05, 0.1) is 22.7 Å². The Hall–Kier alpha value is -8.60. The minimum Gasteiger partial charge on any atom is -0.456 e. The molecule has 0 amide bonds. The number of fused-ring (bicyclic) bond motifs is 6. The van der Waals surface area contributed by atoms with Crippen molar-refractivity contribution in [1.82, 2.24) is 0 Å². The van der Waals surface area contributed by atoms with Gasteiger partial charge in [0, 0.05) is 67.3 Å². The van der Waals surface area contributed by atoms with Gasteiger partial charge in [0.25, 0.3) is 0 Å². The van der Waals surface area contributed by atoms with E-state index >= 15 is 0 Å². The fraction of sp³-hybridized carbons (Fsp3) is 0. The Morgan fingerprint density at radius 1 is 0.234 bits per heavy atom. The minimum atomic E-state index is 0.837. The lowest BCUT2D eigenvalue weighted by Gasteiger charge is -2.32. The second kappa shape index (κ2) is 15.7. The molecule has 302 valence electrons. The van der Waals surface area contributed by atoms with Crippen LogP contribution in [0.4, 0.5) is 34.1 Å². The fourth-order valence-electron chi connectivity index (χ4n) is 9.38. The Balaban J connectivity index is 1.11. The molecule has 4 heteroatoms. The zero-order valence-corrected chi connectivity index (χ0v) is 34.8. The first-order valence-corrected chi connectivity index (χ1v) is 21.7. The Bertz CT molecular complexity index is 3400. The van der Waals surface area contributed by atoms with Crippen LogP contribution in [0.1, 0.15) is 0 Å². The molecule has 0 spiro atoms. The number of furan rings is 2. The summed E-state index contributed by atoms with van der Waals surface area (Å²) in [5.41, 5.74) is 16.2. The molecule has 2 heterocycles. The highest BCUT2D eigenvalue weighted by Gasteiger charge is 2.26. The third-order valence-electron chi connectivity index (χ3n) is 12.3. The first kappa shape index (κ1) is 37.2. The van der Waals surface area contributed by atoms with E-state index in [-0.39, 0.29) is 0 Å². The molecule has 2 aromatic heterocycles. The maximum absolute atomic E-state index is 6.55. The summed E-state index contributed by atoms with van der Waals surface area (Å²) in [6, 6.07) is 85.9. The fourth-order valence-corrected chi connectivity index (χ4v) is 9.38. The van der Waals surface area contributed by atoms with Gasteiger partial charge in [-0.1, -0.05) is 170 Å². The third kappa shape index (κ3) is 6.40. The highest BCUT2D eigenvalue weighted by molar-refractivity contribution is 6.08. The topological polar surface area (TPSA) is 32.8 Å². The van der Waals surface area contributed by atoms with Gasteiger partial charge in [0.2, 0.25) is 0 Å². The van der Waals surface area contributed by atoms with Crippen LogP contribution in [0.25, 0.3) is 77.3 Å². The molecule has 0 aliphatic rings. The van der Waals surface area contributed by atoms with Gasteiger partial charge in [0.15, 0.2) is 0 Å². The van der Waals surface area contributed by atoms with E-state index in [0.717, 1.165) is 111 Å². The van der Waals surface area contributed by atoms with E-state index in [1.165, 1.54) is 0 Å². The molecule has 0 fully saturated rings. The van der Waals surface area contributed by atoms with Gasteiger partial charge in [0.1, 0.15) is 22.3 Å². The zero-order chi connectivity index (χ0) is 42.4. The van der Waals surface area contributed by atoms with Crippen LogP contribution in [0.3, 0.4) is 0 Å². The number of para-hydroxylation sites is 6. The van der Waals surface area contributed by atoms with Gasteiger partial charge >= 0.3 is 0 Å². The maximum Gasteiger partial charge on any atom is 0.137 e. The summed E-state index contributed by atoms with van der Waals surface area (Å²) in [6.45, 7) is 0. The molecule has 0 N–H and O–H groups in total. The van der Waals surface area contributed by atoms with Crippen LogP contribution in [-0.4, -0.2) is 0 Å². The lowest BCUT2D eigenvalue weighted by atomic mass is 9.96. The SMILES string of the molecule is c1ccc(-c2ccccc2N(c2ccc3c(c2)oc2ccccc23)c2ccccc2-c2ccccc2N(c2ccc3c(c2)oc2ccccc23)c2ccccc2-c2ccccc2)cc1.